The number of carbonyl (C=O) groups is 1. The SMILES string of the molecule is CCSC1=NN2C(=c3ccccc3=N[C@@H]2c2cc(Cl)c(OCc3ccccc3)c(OC)c2)C(=O)N1. The van der Waals surface area contributed by atoms with E-state index in [4.69, 9.17) is 31.2 Å². The number of halogens is 1. The van der Waals surface area contributed by atoms with Crippen LogP contribution in [0.15, 0.2) is 76.8 Å². The molecule has 9 heteroatoms. The molecule has 2 heterocycles. The Bertz CT molecular complexity index is 1430. The lowest BCUT2D eigenvalue weighted by atomic mass is 10.1. The highest BCUT2D eigenvalue weighted by atomic mass is 35.5. The minimum atomic E-state index is -0.604. The number of ether oxygens (including phenoxy) is 2. The number of nitrogens with zero attached hydrogens (tertiary/aromatic N) is 3. The van der Waals surface area contributed by atoms with E-state index in [1.54, 1.807) is 18.2 Å². The third-order valence-corrected chi connectivity index (χ3v) is 6.60. The van der Waals surface area contributed by atoms with Crippen molar-refractivity contribution >= 4 is 40.1 Å². The summed E-state index contributed by atoms with van der Waals surface area (Å²) in [7, 11) is 1.57. The molecule has 0 aliphatic carbocycles. The van der Waals surface area contributed by atoms with Crippen LogP contribution >= 0.6 is 23.4 Å². The predicted octanol–water partition coefficient (Wildman–Crippen LogP) is 3.82. The topological polar surface area (TPSA) is 75.5 Å². The molecule has 1 atom stereocenters. The van der Waals surface area contributed by atoms with Gasteiger partial charge in [-0.1, -0.05) is 78.8 Å². The number of para-hydroxylation sites is 1. The second-order valence-electron chi connectivity index (χ2n) is 7.81. The van der Waals surface area contributed by atoms with E-state index in [2.05, 4.69) is 5.32 Å². The first-order chi connectivity index (χ1) is 17.1. The number of hydrogen-bond donors (Lipinski definition) is 1. The van der Waals surface area contributed by atoms with E-state index in [0.29, 0.717) is 39.4 Å². The zero-order valence-corrected chi connectivity index (χ0v) is 20.8. The molecule has 1 N–H and O–H groups in total. The number of carbonyl (C=O) groups excluding carboxylic acids is 1. The van der Waals surface area contributed by atoms with Gasteiger partial charge in [0.25, 0.3) is 5.91 Å². The third-order valence-electron chi connectivity index (χ3n) is 5.57. The van der Waals surface area contributed by atoms with Crippen molar-refractivity contribution in [1.29, 1.82) is 0 Å². The molecule has 35 heavy (non-hydrogen) atoms. The average Bonchev–Trinajstić information content (AvgIpc) is 2.87. The van der Waals surface area contributed by atoms with Crippen LogP contribution in [0, 0.1) is 0 Å². The molecule has 3 aromatic rings. The average molecular weight is 507 g/mol. The van der Waals surface area contributed by atoms with Gasteiger partial charge >= 0.3 is 0 Å². The number of amides is 1. The predicted molar refractivity (Wildman–Crippen MR) is 138 cm³/mol. The lowest BCUT2D eigenvalue weighted by molar-refractivity contribution is -0.116. The number of methoxy groups -OCH3 is 1. The van der Waals surface area contributed by atoms with Gasteiger partial charge in [0.15, 0.2) is 22.8 Å². The highest BCUT2D eigenvalue weighted by molar-refractivity contribution is 8.13. The summed E-state index contributed by atoms with van der Waals surface area (Å²) in [5.74, 6) is 1.48. The molecule has 2 aliphatic rings. The van der Waals surface area contributed by atoms with Crippen LogP contribution in [0.25, 0.3) is 5.70 Å². The summed E-state index contributed by atoms with van der Waals surface area (Å²) >= 11 is 8.15. The molecule has 0 unspecified atom stereocenters. The van der Waals surface area contributed by atoms with Crippen molar-refractivity contribution in [3.63, 3.8) is 0 Å². The van der Waals surface area contributed by atoms with E-state index >= 15 is 0 Å². The number of fused-ring (bicyclic) bond motifs is 2. The van der Waals surface area contributed by atoms with Gasteiger partial charge in [-0.25, -0.2) is 5.01 Å². The van der Waals surface area contributed by atoms with Gasteiger partial charge in [0.05, 0.1) is 17.5 Å². The Balaban J connectivity index is 1.58. The normalized spacial score (nSPS) is 16.5. The Kier molecular flexibility index (Phi) is 6.66. The van der Waals surface area contributed by atoms with Gasteiger partial charge in [-0.3, -0.25) is 15.1 Å². The fourth-order valence-corrected chi connectivity index (χ4v) is 4.86. The molecule has 2 aliphatic heterocycles. The second-order valence-corrected chi connectivity index (χ2v) is 9.47. The van der Waals surface area contributed by atoms with Crippen LogP contribution in [0.2, 0.25) is 5.02 Å². The molecule has 0 bridgehead atoms. The molecular weight excluding hydrogens is 484 g/mol. The summed E-state index contributed by atoms with van der Waals surface area (Å²) in [5, 5.41) is 11.6. The lowest BCUT2D eigenvalue weighted by Gasteiger charge is -2.34. The number of thioether (sulfide) groups is 1. The smallest absolute Gasteiger partial charge is 0.276 e. The Morgan fingerprint density at radius 2 is 1.89 bits per heavy atom. The van der Waals surface area contributed by atoms with Crippen molar-refractivity contribution in [2.45, 2.75) is 19.7 Å². The number of amidine groups is 1. The summed E-state index contributed by atoms with van der Waals surface area (Å²) in [6.07, 6.45) is -0.604. The van der Waals surface area contributed by atoms with Gasteiger partial charge in [0, 0.05) is 10.8 Å². The zero-order valence-electron chi connectivity index (χ0n) is 19.2. The molecule has 0 saturated heterocycles. The number of hydrazone groups is 1. The minimum Gasteiger partial charge on any atom is -0.493 e. The molecule has 0 saturated carbocycles. The van der Waals surface area contributed by atoms with Crippen LogP contribution in [0.4, 0.5) is 0 Å². The van der Waals surface area contributed by atoms with Crippen LogP contribution in [-0.2, 0) is 11.4 Å². The summed E-state index contributed by atoms with van der Waals surface area (Å²) in [4.78, 5) is 18.0. The highest BCUT2D eigenvalue weighted by Gasteiger charge is 2.35. The van der Waals surface area contributed by atoms with Crippen molar-refractivity contribution in [1.82, 2.24) is 10.3 Å². The number of rotatable bonds is 6. The number of hydrogen-bond acceptors (Lipinski definition) is 7. The lowest BCUT2D eigenvalue weighted by Crippen LogP contribution is -2.50. The van der Waals surface area contributed by atoms with Crippen LogP contribution in [0.1, 0.15) is 24.2 Å². The van der Waals surface area contributed by atoms with Crippen LogP contribution in [-0.4, -0.2) is 28.9 Å². The quantitative estimate of drug-likeness (QED) is 0.550. The Hall–Kier alpha value is -3.49. The molecular formula is C26H23ClN4O3S. The highest BCUT2D eigenvalue weighted by Crippen LogP contribution is 2.41. The van der Waals surface area contributed by atoms with E-state index in [0.717, 1.165) is 22.1 Å². The van der Waals surface area contributed by atoms with E-state index in [9.17, 15) is 4.79 Å². The Labute approximate surface area is 212 Å². The van der Waals surface area contributed by atoms with Gasteiger partial charge in [-0.15, -0.1) is 5.10 Å². The number of benzene rings is 3. The van der Waals surface area contributed by atoms with Crippen LogP contribution < -0.4 is 25.4 Å². The third kappa shape index (κ3) is 4.59. The monoisotopic (exact) mass is 506 g/mol. The maximum atomic E-state index is 13.1. The summed E-state index contributed by atoms with van der Waals surface area (Å²) in [6.45, 7) is 2.36. The molecule has 7 nitrogen and oxygen atoms in total. The van der Waals surface area contributed by atoms with E-state index in [-0.39, 0.29) is 5.91 Å². The maximum Gasteiger partial charge on any atom is 0.276 e. The summed E-state index contributed by atoms with van der Waals surface area (Å²) in [5.41, 5.74) is 2.19. The molecule has 0 spiro atoms. The van der Waals surface area contributed by atoms with Crippen molar-refractivity contribution in [2.24, 2.45) is 10.1 Å². The molecule has 0 radical (unpaired) electrons. The van der Waals surface area contributed by atoms with E-state index in [1.807, 2.05) is 67.6 Å². The first-order valence-electron chi connectivity index (χ1n) is 11.1. The zero-order chi connectivity index (χ0) is 24.4. The van der Waals surface area contributed by atoms with Gasteiger partial charge in [-0.2, -0.15) is 0 Å². The molecule has 0 fully saturated rings. The Morgan fingerprint density at radius 3 is 2.66 bits per heavy atom. The van der Waals surface area contributed by atoms with Crippen LogP contribution in [0.3, 0.4) is 0 Å². The van der Waals surface area contributed by atoms with E-state index in [1.165, 1.54) is 11.8 Å². The summed E-state index contributed by atoms with van der Waals surface area (Å²) in [6, 6.07) is 21.0. The van der Waals surface area contributed by atoms with Gasteiger partial charge in [-0.05, 0) is 29.5 Å². The van der Waals surface area contributed by atoms with Crippen LogP contribution in [0.5, 0.6) is 11.5 Å². The van der Waals surface area contributed by atoms with Gasteiger partial charge in [0.1, 0.15) is 12.3 Å². The van der Waals surface area contributed by atoms with Crippen molar-refractivity contribution in [3.05, 3.63) is 93.5 Å². The van der Waals surface area contributed by atoms with Gasteiger partial charge < -0.3 is 9.47 Å². The fraction of sp³-hybridized carbons (Fsp3) is 0.192. The van der Waals surface area contributed by atoms with E-state index < -0.39 is 6.17 Å². The Morgan fingerprint density at radius 1 is 1.11 bits per heavy atom. The van der Waals surface area contributed by atoms with Crippen molar-refractivity contribution in [2.75, 3.05) is 12.9 Å². The molecule has 178 valence electrons. The second kappa shape index (κ2) is 10.0. The maximum absolute atomic E-state index is 13.1. The van der Waals surface area contributed by atoms with Crippen molar-refractivity contribution < 1.29 is 14.3 Å². The van der Waals surface area contributed by atoms with Gasteiger partial charge in [0.2, 0.25) is 0 Å². The number of nitrogens with one attached hydrogen (secondary N) is 1. The first kappa shape index (κ1) is 23.3. The molecule has 0 aromatic heterocycles. The first-order valence-corrected chi connectivity index (χ1v) is 12.5. The molecule has 5 rings (SSSR count). The largest absolute Gasteiger partial charge is 0.493 e. The summed E-state index contributed by atoms with van der Waals surface area (Å²) < 4.78 is 11.7. The minimum absolute atomic E-state index is 0.218. The standard InChI is InChI=1S/C26H23ClN4O3S/c1-3-35-26-29-25(32)22-18-11-7-8-12-20(18)28-24(31(22)30-26)17-13-19(27)23(21(14-17)33-2)34-15-16-9-5-4-6-10-16/h4-14,24H,3,15H2,1-2H3,(H,29,30,32)/t24-/m0/s1. The molecule has 1 amide bonds. The van der Waals surface area contributed by atoms with Crippen molar-refractivity contribution in [3.8, 4) is 11.5 Å². The molecule has 3 aromatic carbocycles. The fourth-order valence-electron chi connectivity index (χ4n) is 4.00.